The molecule has 0 spiro atoms. The average Bonchev–Trinajstić information content (AvgIpc) is 2.65. The van der Waals surface area contributed by atoms with Crippen LogP contribution in [0.15, 0.2) is 36.4 Å². The summed E-state index contributed by atoms with van der Waals surface area (Å²) in [4.78, 5) is 23.7. The van der Waals surface area contributed by atoms with Gasteiger partial charge in [-0.3, -0.25) is 0 Å². The first-order chi connectivity index (χ1) is 14.5. The molecule has 0 aliphatic heterocycles. The fraction of sp³-hybridized carbons (Fsp3) is 0.391. The maximum absolute atomic E-state index is 12.0. The van der Waals surface area contributed by atoms with Crippen molar-refractivity contribution in [2.75, 3.05) is 7.11 Å². The maximum atomic E-state index is 12.0. The lowest BCUT2D eigenvalue weighted by Gasteiger charge is -2.22. The van der Waals surface area contributed by atoms with E-state index >= 15 is 0 Å². The Hall–Kier alpha value is -2.93. The molecule has 0 bridgehead atoms. The number of nitrogens with one attached hydrogen (secondary N) is 1. The Balaban J connectivity index is 2.15. The molecule has 0 heterocycles. The van der Waals surface area contributed by atoms with Gasteiger partial charge in [-0.2, -0.15) is 0 Å². The molecule has 0 radical (unpaired) electrons. The predicted octanol–water partition coefficient (Wildman–Crippen LogP) is 4.76. The number of halogens is 1. The lowest BCUT2D eigenvalue weighted by Crippen LogP contribution is -2.44. The fourth-order valence-corrected chi connectivity index (χ4v) is 3.11. The molecule has 1 unspecified atom stereocenters. The molecule has 2 aromatic carbocycles. The van der Waals surface area contributed by atoms with Gasteiger partial charge >= 0.3 is 12.1 Å². The number of carbonyl (C=O) groups is 2. The number of ether oxygens (including phenoxy) is 3. The molecule has 8 heteroatoms. The first-order valence-electron chi connectivity index (χ1n) is 9.75. The largest absolute Gasteiger partial charge is 0.496 e. The van der Waals surface area contributed by atoms with Crippen LogP contribution in [-0.2, 0) is 22.6 Å². The van der Waals surface area contributed by atoms with Gasteiger partial charge in [0.05, 0.1) is 7.11 Å². The van der Waals surface area contributed by atoms with Crippen molar-refractivity contribution in [3.05, 3.63) is 58.1 Å². The second-order valence-electron chi connectivity index (χ2n) is 8.09. The van der Waals surface area contributed by atoms with Crippen molar-refractivity contribution in [1.82, 2.24) is 5.32 Å². The van der Waals surface area contributed by atoms with Gasteiger partial charge in [0.1, 0.15) is 29.7 Å². The molecular formula is C23H28ClNO6. The molecular weight excluding hydrogens is 422 g/mol. The summed E-state index contributed by atoms with van der Waals surface area (Å²) in [6.45, 7) is 7.24. The van der Waals surface area contributed by atoms with Crippen LogP contribution in [0.2, 0.25) is 5.02 Å². The van der Waals surface area contributed by atoms with E-state index in [4.69, 9.17) is 25.8 Å². The van der Waals surface area contributed by atoms with Crippen LogP contribution in [0.4, 0.5) is 4.79 Å². The number of carboxylic acids is 1. The molecule has 0 saturated carbocycles. The highest BCUT2D eigenvalue weighted by Crippen LogP contribution is 2.26. The predicted molar refractivity (Wildman–Crippen MR) is 118 cm³/mol. The summed E-state index contributed by atoms with van der Waals surface area (Å²) in [5, 5.41) is 12.6. The summed E-state index contributed by atoms with van der Waals surface area (Å²) in [6.07, 6.45) is -0.707. The molecule has 2 N–H and O–H groups in total. The molecule has 1 atom stereocenters. The summed E-state index contributed by atoms with van der Waals surface area (Å²) in [5.41, 5.74) is 1.62. The monoisotopic (exact) mass is 449 g/mol. The standard InChI is InChI=1S/C23H28ClNO6/c1-14-10-17(24)7-9-19(14)30-13-16-11-15(6-8-20(16)29-5)12-18(21(26)27)25-22(28)31-23(2,3)4/h6-11,18H,12-13H2,1-5H3,(H,25,28)(H,26,27). The Kier molecular flexibility index (Phi) is 8.16. The number of amides is 1. The first kappa shape index (κ1) is 24.3. The SMILES string of the molecule is COc1ccc(CC(NC(=O)OC(C)(C)C)C(=O)O)cc1COc1ccc(Cl)cc1C. The van der Waals surface area contributed by atoms with Crippen LogP contribution in [0, 0.1) is 6.92 Å². The van der Waals surface area contributed by atoms with Crippen LogP contribution in [0.5, 0.6) is 11.5 Å². The zero-order valence-corrected chi connectivity index (χ0v) is 19.1. The third kappa shape index (κ3) is 7.68. The molecule has 31 heavy (non-hydrogen) atoms. The van der Waals surface area contributed by atoms with Crippen molar-refractivity contribution < 1.29 is 28.9 Å². The Morgan fingerprint density at radius 1 is 1.13 bits per heavy atom. The molecule has 0 fully saturated rings. The van der Waals surface area contributed by atoms with E-state index in [1.54, 1.807) is 58.2 Å². The number of methoxy groups -OCH3 is 1. The lowest BCUT2D eigenvalue weighted by atomic mass is 10.0. The molecule has 1 amide bonds. The van der Waals surface area contributed by atoms with E-state index in [1.165, 1.54) is 0 Å². The van der Waals surface area contributed by atoms with Crippen molar-refractivity contribution in [2.45, 2.75) is 52.4 Å². The highest BCUT2D eigenvalue weighted by Gasteiger charge is 2.24. The van der Waals surface area contributed by atoms with Crippen molar-refractivity contribution in [3.8, 4) is 11.5 Å². The second-order valence-corrected chi connectivity index (χ2v) is 8.52. The van der Waals surface area contributed by atoms with Crippen molar-refractivity contribution in [2.24, 2.45) is 0 Å². The number of benzene rings is 2. The zero-order chi connectivity index (χ0) is 23.2. The topological polar surface area (TPSA) is 94.1 Å². The Morgan fingerprint density at radius 2 is 1.81 bits per heavy atom. The first-order valence-corrected chi connectivity index (χ1v) is 10.1. The Labute approximate surface area is 187 Å². The van der Waals surface area contributed by atoms with Gasteiger partial charge in [0.2, 0.25) is 0 Å². The number of aryl methyl sites for hydroxylation is 1. The molecule has 0 aliphatic rings. The van der Waals surface area contributed by atoms with E-state index in [1.807, 2.05) is 13.0 Å². The molecule has 0 aromatic heterocycles. The van der Waals surface area contributed by atoms with Crippen LogP contribution in [0.25, 0.3) is 0 Å². The van der Waals surface area contributed by atoms with Gasteiger partial charge < -0.3 is 24.6 Å². The zero-order valence-electron chi connectivity index (χ0n) is 18.3. The van der Waals surface area contributed by atoms with Crippen molar-refractivity contribution in [1.29, 1.82) is 0 Å². The van der Waals surface area contributed by atoms with Gasteiger partial charge in [-0.1, -0.05) is 17.7 Å². The summed E-state index contributed by atoms with van der Waals surface area (Å²) in [5.74, 6) is 0.144. The smallest absolute Gasteiger partial charge is 0.408 e. The van der Waals surface area contributed by atoms with Crippen LogP contribution < -0.4 is 14.8 Å². The highest BCUT2D eigenvalue weighted by molar-refractivity contribution is 6.30. The van der Waals surface area contributed by atoms with Crippen LogP contribution in [-0.4, -0.2) is 35.9 Å². The Bertz CT molecular complexity index is 938. The Morgan fingerprint density at radius 3 is 2.39 bits per heavy atom. The summed E-state index contributed by atoms with van der Waals surface area (Å²) >= 11 is 5.99. The number of hydrogen-bond acceptors (Lipinski definition) is 5. The van der Waals surface area contributed by atoms with Gasteiger partial charge in [0, 0.05) is 17.0 Å². The van der Waals surface area contributed by atoms with E-state index in [0.29, 0.717) is 22.1 Å². The maximum Gasteiger partial charge on any atom is 0.408 e. The molecule has 0 saturated heterocycles. The molecule has 7 nitrogen and oxygen atoms in total. The normalized spacial score (nSPS) is 12.1. The quantitative estimate of drug-likeness (QED) is 0.603. The number of hydrogen-bond donors (Lipinski definition) is 2. The van der Waals surface area contributed by atoms with Crippen LogP contribution in [0.1, 0.15) is 37.5 Å². The summed E-state index contributed by atoms with van der Waals surface area (Å²) in [7, 11) is 1.55. The van der Waals surface area contributed by atoms with E-state index in [0.717, 1.165) is 11.1 Å². The van der Waals surface area contributed by atoms with E-state index in [2.05, 4.69) is 5.32 Å². The van der Waals surface area contributed by atoms with Gasteiger partial charge in [-0.25, -0.2) is 9.59 Å². The minimum absolute atomic E-state index is 0.0749. The van der Waals surface area contributed by atoms with Crippen LogP contribution in [0.3, 0.4) is 0 Å². The van der Waals surface area contributed by atoms with Gasteiger partial charge in [0.25, 0.3) is 0 Å². The van der Waals surface area contributed by atoms with Gasteiger partial charge in [-0.15, -0.1) is 0 Å². The minimum Gasteiger partial charge on any atom is -0.496 e. The second kappa shape index (κ2) is 10.4. The van der Waals surface area contributed by atoms with Crippen molar-refractivity contribution >= 4 is 23.7 Å². The number of carbonyl (C=O) groups excluding carboxylic acids is 1. The van der Waals surface area contributed by atoms with E-state index in [-0.39, 0.29) is 13.0 Å². The molecule has 2 rings (SSSR count). The number of rotatable bonds is 8. The fourth-order valence-electron chi connectivity index (χ4n) is 2.89. The number of aliphatic carboxylic acids is 1. The summed E-state index contributed by atoms with van der Waals surface area (Å²) in [6, 6.07) is 9.51. The molecule has 0 aliphatic carbocycles. The molecule has 168 valence electrons. The number of carboxylic acid groups (broad SMARTS) is 1. The van der Waals surface area contributed by atoms with Crippen molar-refractivity contribution in [3.63, 3.8) is 0 Å². The average molecular weight is 450 g/mol. The summed E-state index contributed by atoms with van der Waals surface area (Å²) < 4.78 is 16.5. The van der Waals surface area contributed by atoms with Gasteiger partial charge in [0.15, 0.2) is 0 Å². The van der Waals surface area contributed by atoms with Crippen LogP contribution >= 0.6 is 11.6 Å². The third-order valence-electron chi connectivity index (χ3n) is 4.29. The highest BCUT2D eigenvalue weighted by atomic mass is 35.5. The van der Waals surface area contributed by atoms with Gasteiger partial charge in [-0.05, 0) is 69.2 Å². The van der Waals surface area contributed by atoms with E-state index in [9.17, 15) is 14.7 Å². The third-order valence-corrected chi connectivity index (χ3v) is 4.53. The molecule has 2 aromatic rings. The lowest BCUT2D eigenvalue weighted by molar-refractivity contribution is -0.139. The number of alkyl carbamates (subject to hydrolysis) is 1. The minimum atomic E-state index is -1.16. The van der Waals surface area contributed by atoms with E-state index < -0.39 is 23.7 Å².